The zero-order chi connectivity index (χ0) is 13.7. The molecule has 1 saturated heterocycles. The number of nitrogens with one attached hydrogen (secondary N) is 1. The summed E-state index contributed by atoms with van der Waals surface area (Å²) in [4.78, 5) is 2.63. The van der Waals surface area contributed by atoms with Crippen molar-refractivity contribution in [2.45, 2.75) is 33.7 Å². The molecule has 1 atom stereocenters. The van der Waals surface area contributed by atoms with Crippen LogP contribution in [-0.2, 0) is 6.54 Å². The van der Waals surface area contributed by atoms with Crippen molar-refractivity contribution < 1.29 is 0 Å². The van der Waals surface area contributed by atoms with Crippen LogP contribution in [0.1, 0.15) is 32.8 Å². The van der Waals surface area contributed by atoms with Gasteiger partial charge in [0, 0.05) is 26.2 Å². The van der Waals surface area contributed by atoms with E-state index in [0.29, 0.717) is 5.41 Å². The predicted octanol–water partition coefficient (Wildman–Crippen LogP) is 3.57. The van der Waals surface area contributed by atoms with Gasteiger partial charge in [-0.1, -0.05) is 51.1 Å². The first-order chi connectivity index (χ1) is 9.07. The number of nitrogens with zero attached hydrogens (tertiary/aromatic N) is 1. The second kappa shape index (κ2) is 8.02. The number of rotatable bonds is 6. The van der Waals surface area contributed by atoms with Crippen molar-refractivity contribution in [1.82, 2.24) is 10.2 Å². The van der Waals surface area contributed by atoms with Crippen LogP contribution in [0.5, 0.6) is 0 Å². The van der Waals surface area contributed by atoms with Gasteiger partial charge in [-0.05, 0) is 29.9 Å². The Hall–Kier alpha value is -0.570. The molecule has 0 amide bonds. The van der Waals surface area contributed by atoms with Crippen LogP contribution in [0.3, 0.4) is 0 Å². The van der Waals surface area contributed by atoms with Crippen molar-refractivity contribution in [2.24, 2.45) is 11.3 Å². The van der Waals surface area contributed by atoms with Crippen LogP contribution in [0.25, 0.3) is 0 Å². The Balaban J connectivity index is 0.00000200. The molecule has 0 saturated carbocycles. The average molecular weight is 297 g/mol. The third-order valence-corrected chi connectivity index (χ3v) is 3.93. The summed E-state index contributed by atoms with van der Waals surface area (Å²) in [7, 11) is 0. The molecule has 3 heteroatoms. The van der Waals surface area contributed by atoms with E-state index in [0.717, 1.165) is 19.0 Å². The van der Waals surface area contributed by atoms with E-state index < -0.39 is 0 Å². The van der Waals surface area contributed by atoms with Crippen LogP contribution in [0, 0.1) is 11.3 Å². The van der Waals surface area contributed by atoms with Gasteiger partial charge < -0.3 is 5.32 Å². The molecule has 1 heterocycles. The van der Waals surface area contributed by atoms with Crippen LogP contribution in [0.4, 0.5) is 0 Å². The summed E-state index contributed by atoms with van der Waals surface area (Å²) in [5, 5.41) is 3.51. The maximum Gasteiger partial charge on any atom is 0.0234 e. The van der Waals surface area contributed by atoms with Gasteiger partial charge in [-0.15, -0.1) is 12.4 Å². The van der Waals surface area contributed by atoms with Gasteiger partial charge in [0.15, 0.2) is 0 Å². The van der Waals surface area contributed by atoms with Crippen LogP contribution in [0.15, 0.2) is 30.3 Å². The quantitative estimate of drug-likeness (QED) is 0.863. The summed E-state index contributed by atoms with van der Waals surface area (Å²) in [6.45, 7) is 12.9. The molecule has 114 valence electrons. The highest BCUT2D eigenvalue weighted by Gasteiger charge is 2.30. The number of hydrogen-bond donors (Lipinski definition) is 1. The Morgan fingerprint density at radius 1 is 1.25 bits per heavy atom. The van der Waals surface area contributed by atoms with E-state index >= 15 is 0 Å². The second-order valence-electron chi connectivity index (χ2n) is 6.79. The minimum Gasteiger partial charge on any atom is -0.316 e. The van der Waals surface area contributed by atoms with Crippen molar-refractivity contribution in [2.75, 3.05) is 26.2 Å². The normalized spacial score (nSPS) is 22.2. The third kappa shape index (κ3) is 5.43. The maximum absolute atomic E-state index is 3.51. The van der Waals surface area contributed by atoms with Gasteiger partial charge in [0.05, 0.1) is 0 Å². The van der Waals surface area contributed by atoms with E-state index in [1.807, 2.05) is 0 Å². The van der Waals surface area contributed by atoms with Gasteiger partial charge in [0.25, 0.3) is 0 Å². The van der Waals surface area contributed by atoms with Gasteiger partial charge >= 0.3 is 0 Å². The zero-order valence-corrected chi connectivity index (χ0v) is 13.9. The molecule has 0 bridgehead atoms. The van der Waals surface area contributed by atoms with Gasteiger partial charge in [-0.3, -0.25) is 4.90 Å². The van der Waals surface area contributed by atoms with E-state index in [1.165, 1.54) is 31.6 Å². The molecule has 1 aromatic rings. The molecule has 0 aromatic heterocycles. The first-order valence-corrected chi connectivity index (χ1v) is 7.54. The molecule has 2 nitrogen and oxygen atoms in total. The van der Waals surface area contributed by atoms with Gasteiger partial charge in [-0.25, -0.2) is 0 Å². The highest BCUT2D eigenvalue weighted by Crippen LogP contribution is 2.26. The van der Waals surface area contributed by atoms with Crippen molar-refractivity contribution in [1.29, 1.82) is 0 Å². The summed E-state index contributed by atoms with van der Waals surface area (Å²) < 4.78 is 0. The molecule has 1 fully saturated rings. The summed E-state index contributed by atoms with van der Waals surface area (Å²) in [6.07, 6.45) is 1.30. The molecule has 1 unspecified atom stereocenters. The lowest BCUT2D eigenvalue weighted by molar-refractivity contribution is 0.155. The van der Waals surface area contributed by atoms with Gasteiger partial charge in [0.1, 0.15) is 0 Å². The third-order valence-electron chi connectivity index (χ3n) is 3.93. The largest absolute Gasteiger partial charge is 0.316 e. The van der Waals surface area contributed by atoms with Crippen LogP contribution >= 0.6 is 12.4 Å². The molecule has 0 aliphatic carbocycles. The highest BCUT2D eigenvalue weighted by molar-refractivity contribution is 5.85. The van der Waals surface area contributed by atoms with Crippen LogP contribution < -0.4 is 5.32 Å². The van der Waals surface area contributed by atoms with E-state index in [-0.39, 0.29) is 12.4 Å². The highest BCUT2D eigenvalue weighted by atomic mass is 35.5. The number of halogens is 1. The molecular weight excluding hydrogens is 268 g/mol. The predicted molar refractivity (Wildman–Crippen MR) is 89.4 cm³/mol. The summed E-state index contributed by atoms with van der Waals surface area (Å²) >= 11 is 0. The van der Waals surface area contributed by atoms with E-state index in [2.05, 4.69) is 61.3 Å². The van der Waals surface area contributed by atoms with Gasteiger partial charge in [0.2, 0.25) is 0 Å². The second-order valence-corrected chi connectivity index (χ2v) is 6.79. The molecule has 1 N–H and O–H groups in total. The van der Waals surface area contributed by atoms with Crippen molar-refractivity contribution in [3.8, 4) is 0 Å². The smallest absolute Gasteiger partial charge is 0.0234 e. The topological polar surface area (TPSA) is 15.3 Å². The monoisotopic (exact) mass is 296 g/mol. The van der Waals surface area contributed by atoms with Crippen molar-refractivity contribution >= 4 is 12.4 Å². The minimum atomic E-state index is 0. The Labute approximate surface area is 130 Å². The Kier molecular flexibility index (Phi) is 7.01. The van der Waals surface area contributed by atoms with Crippen LogP contribution in [0.2, 0.25) is 0 Å². The lowest BCUT2D eigenvalue weighted by atomic mass is 9.88. The number of benzene rings is 1. The lowest BCUT2D eigenvalue weighted by Crippen LogP contribution is -2.38. The Morgan fingerprint density at radius 3 is 2.50 bits per heavy atom. The zero-order valence-electron chi connectivity index (χ0n) is 13.1. The molecular formula is C17H29ClN2. The first kappa shape index (κ1) is 17.5. The van der Waals surface area contributed by atoms with Crippen LogP contribution in [-0.4, -0.2) is 31.1 Å². The minimum absolute atomic E-state index is 0. The van der Waals surface area contributed by atoms with E-state index in [1.54, 1.807) is 0 Å². The SMILES string of the molecule is CC(C)CN(Cc1ccccc1)CC1(C)CCNC1.Cl. The van der Waals surface area contributed by atoms with Crippen molar-refractivity contribution in [3.63, 3.8) is 0 Å². The van der Waals surface area contributed by atoms with E-state index in [4.69, 9.17) is 0 Å². The molecule has 0 radical (unpaired) electrons. The molecule has 1 aliphatic rings. The molecule has 1 aliphatic heterocycles. The van der Waals surface area contributed by atoms with Gasteiger partial charge in [-0.2, -0.15) is 0 Å². The number of hydrogen-bond acceptors (Lipinski definition) is 2. The lowest BCUT2D eigenvalue weighted by Gasteiger charge is -2.33. The Bertz CT molecular complexity index is 372. The molecule has 20 heavy (non-hydrogen) atoms. The van der Waals surface area contributed by atoms with Crippen molar-refractivity contribution in [3.05, 3.63) is 35.9 Å². The standard InChI is InChI=1S/C17H28N2.ClH/c1-15(2)11-19(12-16-7-5-4-6-8-16)14-17(3)9-10-18-13-17;/h4-8,15,18H,9-14H2,1-3H3;1H. The summed E-state index contributed by atoms with van der Waals surface area (Å²) in [6, 6.07) is 10.9. The fourth-order valence-corrected chi connectivity index (χ4v) is 3.09. The van der Waals surface area contributed by atoms with E-state index in [9.17, 15) is 0 Å². The summed E-state index contributed by atoms with van der Waals surface area (Å²) in [5.41, 5.74) is 1.88. The fourth-order valence-electron chi connectivity index (χ4n) is 3.09. The summed E-state index contributed by atoms with van der Waals surface area (Å²) in [5.74, 6) is 0.724. The molecule has 2 rings (SSSR count). The maximum atomic E-state index is 3.51. The first-order valence-electron chi connectivity index (χ1n) is 7.54. The average Bonchev–Trinajstić information content (AvgIpc) is 2.76. The fraction of sp³-hybridized carbons (Fsp3) is 0.647. The molecule has 1 aromatic carbocycles. The molecule has 0 spiro atoms. The Morgan fingerprint density at radius 2 is 1.95 bits per heavy atom.